The Balaban J connectivity index is 1.93. The Hall–Kier alpha value is -1.36. The lowest BCUT2D eigenvalue weighted by atomic mass is 10.3. The minimum absolute atomic E-state index is 0.0801. The Morgan fingerprint density at radius 3 is 3.20 bits per heavy atom. The molecule has 15 heavy (non-hydrogen) atoms. The van der Waals surface area contributed by atoms with Crippen LogP contribution in [0.25, 0.3) is 0 Å². The predicted molar refractivity (Wildman–Crippen MR) is 54.2 cm³/mol. The Morgan fingerprint density at radius 2 is 2.53 bits per heavy atom. The van der Waals surface area contributed by atoms with Crippen molar-refractivity contribution < 1.29 is 9.32 Å². The number of amides is 1. The third kappa shape index (κ3) is 2.56. The topological polar surface area (TPSA) is 58.4 Å². The lowest BCUT2D eigenvalue weighted by Crippen LogP contribution is -2.47. The van der Waals surface area contributed by atoms with Gasteiger partial charge in [-0.3, -0.25) is 9.69 Å². The van der Waals surface area contributed by atoms with Gasteiger partial charge < -0.3 is 9.84 Å². The molecule has 1 aromatic heterocycles. The first kappa shape index (κ1) is 10.2. The van der Waals surface area contributed by atoms with Gasteiger partial charge in [0, 0.05) is 19.2 Å². The zero-order valence-electron chi connectivity index (χ0n) is 8.82. The van der Waals surface area contributed by atoms with Crippen LogP contribution in [0, 0.1) is 0 Å². The van der Waals surface area contributed by atoms with Crippen LogP contribution in [0.5, 0.6) is 0 Å². The average molecular weight is 209 g/mol. The molecule has 0 saturated carbocycles. The summed E-state index contributed by atoms with van der Waals surface area (Å²) in [5, 5.41) is 6.70. The van der Waals surface area contributed by atoms with Crippen LogP contribution in [-0.4, -0.2) is 35.6 Å². The van der Waals surface area contributed by atoms with Crippen molar-refractivity contribution in [2.45, 2.75) is 19.9 Å². The van der Waals surface area contributed by atoms with Crippen LogP contribution in [0.15, 0.2) is 10.6 Å². The first-order chi connectivity index (χ1) is 7.28. The van der Waals surface area contributed by atoms with Gasteiger partial charge in [-0.25, -0.2) is 0 Å². The van der Waals surface area contributed by atoms with Crippen LogP contribution < -0.4 is 5.32 Å². The van der Waals surface area contributed by atoms with Crippen LogP contribution in [0.3, 0.4) is 0 Å². The number of hydrogen-bond donors (Lipinski definition) is 1. The Labute approximate surface area is 88.4 Å². The van der Waals surface area contributed by atoms with Crippen LogP contribution in [-0.2, 0) is 17.8 Å². The number of nitrogens with zero attached hydrogens (tertiary/aromatic N) is 2. The van der Waals surface area contributed by atoms with Crippen molar-refractivity contribution in [3.05, 3.63) is 17.5 Å². The molecule has 1 aromatic rings. The summed E-state index contributed by atoms with van der Waals surface area (Å²) < 4.78 is 5.17. The molecule has 0 atom stereocenters. The van der Waals surface area contributed by atoms with Crippen molar-refractivity contribution in [1.82, 2.24) is 15.4 Å². The molecule has 0 radical (unpaired) electrons. The highest BCUT2D eigenvalue weighted by Gasteiger charge is 2.17. The summed E-state index contributed by atoms with van der Waals surface area (Å²) in [5.74, 6) is 0.915. The van der Waals surface area contributed by atoms with E-state index in [2.05, 4.69) is 15.4 Å². The van der Waals surface area contributed by atoms with Gasteiger partial charge in [-0.05, 0) is 6.42 Å². The van der Waals surface area contributed by atoms with Gasteiger partial charge in [0.1, 0.15) is 0 Å². The predicted octanol–water partition coefficient (Wildman–Crippen LogP) is 0.169. The van der Waals surface area contributed by atoms with Gasteiger partial charge in [-0.15, -0.1) is 0 Å². The van der Waals surface area contributed by atoms with Crippen LogP contribution in [0.1, 0.15) is 18.4 Å². The number of aryl methyl sites for hydroxylation is 1. The minimum atomic E-state index is 0.0801. The van der Waals surface area contributed by atoms with Crippen molar-refractivity contribution in [2.24, 2.45) is 0 Å². The average Bonchev–Trinajstić information content (AvgIpc) is 2.65. The summed E-state index contributed by atoms with van der Waals surface area (Å²) in [5.41, 5.74) is 0.964. The summed E-state index contributed by atoms with van der Waals surface area (Å²) in [6.45, 7) is 4.74. The molecule has 0 aromatic carbocycles. The van der Waals surface area contributed by atoms with Crippen LogP contribution in [0.2, 0.25) is 0 Å². The largest absolute Gasteiger partial charge is 0.360 e. The third-order valence-electron chi connectivity index (χ3n) is 2.47. The quantitative estimate of drug-likeness (QED) is 0.771. The van der Waals surface area contributed by atoms with Gasteiger partial charge in [-0.2, -0.15) is 0 Å². The third-order valence-corrected chi connectivity index (χ3v) is 2.47. The zero-order valence-corrected chi connectivity index (χ0v) is 8.82. The second-order valence-electron chi connectivity index (χ2n) is 3.70. The first-order valence-corrected chi connectivity index (χ1v) is 5.21. The highest BCUT2D eigenvalue weighted by molar-refractivity contribution is 5.78. The monoisotopic (exact) mass is 209 g/mol. The van der Waals surface area contributed by atoms with E-state index < -0.39 is 0 Å². The van der Waals surface area contributed by atoms with E-state index in [9.17, 15) is 4.79 Å². The van der Waals surface area contributed by atoms with Crippen LogP contribution in [0.4, 0.5) is 0 Å². The molecule has 0 bridgehead atoms. The van der Waals surface area contributed by atoms with Gasteiger partial charge in [0.2, 0.25) is 5.91 Å². The molecule has 82 valence electrons. The van der Waals surface area contributed by atoms with Crippen molar-refractivity contribution in [3.63, 3.8) is 0 Å². The van der Waals surface area contributed by atoms with Crippen molar-refractivity contribution in [2.75, 3.05) is 19.6 Å². The van der Waals surface area contributed by atoms with E-state index in [0.717, 1.165) is 24.4 Å². The molecule has 5 heteroatoms. The molecule has 0 aliphatic carbocycles. The highest BCUT2D eigenvalue weighted by Crippen LogP contribution is 2.08. The molecule has 5 nitrogen and oxygen atoms in total. The van der Waals surface area contributed by atoms with Crippen LogP contribution >= 0.6 is 0 Å². The molecule has 0 spiro atoms. The summed E-state index contributed by atoms with van der Waals surface area (Å²) in [7, 11) is 0. The van der Waals surface area contributed by atoms with Gasteiger partial charge in [0.15, 0.2) is 5.76 Å². The highest BCUT2D eigenvalue weighted by atomic mass is 16.5. The zero-order chi connectivity index (χ0) is 10.7. The lowest BCUT2D eigenvalue weighted by molar-refractivity contribution is -0.124. The van der Waals surface area contributed by atoms with E-state index in [0.29, 0.717) is 19.6 Å². The molecule has 1 saturated heterocycles. The Morgan fingerprint density at radius 1 is 1.67 bits per heavy atom. The Kier molecular flexibility index (Phi) is 3.01. The number of carbonyl (C=O) groups excluding carboxylic acids is 1. The molecule has 0 unspecified atom stereocenters. The van der Waals surface area contributed by atoms with Crippen molar-refractivity contribution in [1.29, 1.82) is 0 Å². The van der Waals surface area contributed by atoms with E-state index >= 15 is 0 Å². The number of rotatable bonds is 3. The molecule has 1 amide bonds. The van der Waals surface area contributed by atoms with Gasteiger partial charge in [0.05, 0.1) is 18.8 Å². The fourth-order valence-corrected chi connectivity index (χ4v) is 1.64. The van der Waals surface area contributed by atoms with E-state index in [1.807, 2.05) is 13.0 Å². The number of nitrogens with one attached hydrogen (secondary N) is 1. The lowest BCUT2D eigenvalue weighted by Gasteiger charge is -2.24. The summed E-state index contributed by atoms with van der Waals surface area (Å²) in [6, 6.07) is 1.95. The molecule has 1 N–H and O–H groups in total. The van der Waals surface area contributed by atoms with E-state index in [4.69, 9.17) is 4.52 Å². The number of piperazine rings is 1. The molecule has 2 heterocycles. The van der Waals surface area contributed by atoms with Crippen molar-refractivity contribution in [3.8, 4) is 0 Å². The summed E-state index contributed by atoms with van der Waals surface area (Å²) in [4.78, 5) is 13.2. The molecular weight excluding hydrogens is 194 g/mol. The van der Waals surface area contributed by atoms with Crippen molar-refractivity contribution >= 4 is 5.91 Å². The first-order valence-electron chi connectivity index (χ1n) is 5.21. The fourth-order valence-electron chi connectivity index (χ4n) is 1.64. The molecule has 1 aliphatic rings. The molecule has 1 fully saturated rings. The summed E-state index contributed by atoms with van der Waals surface area (Å²) >= 11 is 0. The second kappa shape index (κ2) is 4.44. The molecular formula is C10H15N3O2. The normalized spacial score (nSPS) is 17.8. The smallest absolute Gasteiger partial charge is 0.234 e. The number of carbonyl (C=O) groups is 1. The second-order valence-corrected chi connectivity index (χ2v) is 3.70. The van der Waals surface area contributed by atoms with Gasteiger partial charge >= 0.3 is 0 Å². The standard InChI is InChI=1S/C10H15N3O2/c1-2-8-5-9(15-12-8)6-13-4-3-11-10(14)7-13/h5H,2-4,6-7H2,1H3,(H,11,14). The maximum atomic E-state index is 11.1. The fraction of sp³-hybridized carbons (Fsp3) is 0.600. The maximum absolute atomic E-state index is 11.1. The van der Waals surface area contributed by atoms with Gasteiger partial charge in [0.25, 0.3) is 0 Å². The minimum Gasteiger partial charge on any atom is -0.360 e. The maximum Gasteiger partial charge on any atom is 0.234 e. The molecule has 1 aliphatic heterocycles. The molecule has 2 rings (SSSR count). The SMILES string of the molecule is CCc1cc(CN2CCNC(=O)C2)on1. The number of aromatic nitrogens is 1. The van der Waals surface area contributed by atoms with Gasteiger partial charge in [-0.1, -0.05) is 12.1 Å². The number of hydrogen-bond acceptors (Lipinski definition) is 4. The summed E-state index contributed by atoms with van der Waals surface area (Å²) in [6.07, 6.45) is 0.879. The van der Waals surface area contributed by atoms with E-state index in [-0.39, 0.29) is 5.91 Å². The van der Waals surface area contributed by atoms with E-state index in [1.54, 1.807) is 0 Å². The Bertz CT molecular complexity index is 348. The van der Waals surface area contributed by atoms with E-state index in [1.165, 1.54) is 0 Å².